The van der Waals surface area contributed by atoms with Crippen LogP contribution >= 0.6 is 0 Å². The van der Waals surface area contributed by atoms with Crippen molar-refractivity contribution in [3.63, 3.8) is 0 Å². The fraction of sp³-hybridized carbons (Fsp3) is 0. The van der Waals surface area contributed by atoms with Gasteiger partial charge in [0.15, 0.2) is 0 Å². The quantitative estimate of drug-likeness (QED) is 0.554. The van der Waals surface area contributed by atoms with Crippen molar-refractivity contribution in [3.8, 4) is 0 Å². The Morgan fingerprint density at radius 2 is 1.92 bits per heavy atom. The van der Waals surface area contributed by atoms with E-state index in [0.29, 0.717) is 0 Å². The number of fused-ring (bicyclic) bond motifs is 1. The van der Waals surface area contributed by atoms with E-state index in [1.54, 1.807) is 6.20 Å². The van der Waals surface area contributed by atoms with Gasteiger partial charge >= 0.3 is 0 Å². The summed E-state index contributed by atoms with van der Waals surface area (Å²) in [5.74, 6) is 0. The minimum absolute atomic E-state index is 0.980. The number of nitrogens with zero attached hydrogens (tertiary/aromatic N) is 1. The third kappa shape index (κ3) is 0.909. The Bertz CT molecular complexity index is 514. The summed E-state index contributed by atoms with van der Waals surface area (Å²) < 4.78 is 0. The van der Waals surface area contributed by atoms with E-state index >= 15 is 0 Å². The molecule has 0 aliphatic carbocycles. The molecule has 0 N–H and O–H groups in total. The van der Waals surface area contributed by atoms with Gasteiger partial charge in [0.25, 0.3) is 0 Å². The molecule has 0 aliphatic rings. The third-order valence-electron chi connectivity index (χ3n) is 2.03. The van der Waals surface area contributed by atoms with Crippen LogP contribution in [0.1, 0.15) is 0 Å². The van der Waals surface area contributed by atoms with E-state index in [9.17, 15) is 0 Å². The highest BCUT2D eigenvalue weighted by atomic mass is 14.6. The molecule has 1 heterocycles. The molecule has 1 nitrogen and oxygen atoms in total. The predicted molar refractivity (Wildman–Crippen MR) is 52.0 cm³/mol. The van der Waals surface area contributed by atoms with E-state index in [2.05, 4.69) is 18.1 Å². The number of rotatable bonds is 0. The maximum atomic E-state index is 4.04. The second-order valence-corrected chi connectivity index (χ2v) is 2.80. The first kappa shape index (κ1) is 7.04. The molecular formula is C11H9N. The molecule has 0 spiro atoms. The first-order valence-electron chi connectivity index (χ1n) is 3.79. The predicted octanol–water partition coefficient (Wildman–Crippen LogP) is 1.06. The van der Waals surface area contributed by atoms with Crippen LogP contribution in [0.5, 0.6) is 0 Å². The minimum atomic E-state index is 0.980. The average molecular weight is 155 g/mol. The van der Waals surface area contributed by atoms with Gasteiger partial charge in [-0.3, -0.25) is 4.98 Å². The van der Waals surface area contributed by atoms with Crippen molar-refractivity contribution in [3.05, 3.63) is 41.0 Å². The second kappa shape index (κ2) is 2.45. The lowest BCUT2D eigenvalue weighted by atomic mass is 10.1. The average Bonchev–Trinajstić information content (AvgIpc) is 2.12. The fourth-order valence-corrected chi connectivity index (χ4v) is 1.28. The maximum Gasteiger partial charge on any atom is 0.0346 e. The third-order valence-corrected chi connectivity index (χ3v) is 2.03. The summed E-state index contributed by atoms with van der Waals surface area (Å²) in [6.45, 7) is 7.85. The Morgan fingerprint density at radius 3 is 2.75 bits per heavy atom. The zero-order chi connectivity index (χ0) is 8.55. The molecule has 0 atom stereocenters. The molecule has 0 aliphatic heterocycles. The van der Waals surface area contributed by atoms with Gasteiger partial charge in [-0.2, -0.15) is 0 Å². The first-order valence-corrected chi connectivity index (χ1v) is 3.79. The standard InChI is InChI=1S/C11H9N/c1-8-3-4-10-7-12-6-5-11(10)9(8)2/h3-7H,1-2H2. The van der Waals surface area contributed by atoms with E-state index in [1.807, 2.05) is 24.4 Å². The molecule has 0 unspecified atom stereocenters. The van der Waals surface area contributed by atoms with Crippen molar-refractivity contribution in [1.29, 1.82) is 0 Å². The molecule has 2 rings (SSSR count). The van der Waals surface area contributed by atoms with Crippen molar-refractivity contribution in [2.45, 2.75) is 0 Å². The monoisotopic (exact) mass is 155 g/mol. The molecular weight excluding hydrogens is 146 g/mol. The summed E-state index contributed by atoms with van der Waals surface area (Å²) in [6, 6.07) is 5.94. The number of benzene rings is 1. The van der Waals surface area contributed by atoms with Crippen molar-refractivity contribution in [2.24, 2.45) is 0 Å². The Kier molecular flexibility index (Phi) is 1.44. The Morgan fingerprint density at radius 1 is 1.08 bits per heavy atom. The molecule has 1 aromatic heterocycles. The Labute approximate surface area is 70.7 Å². The van der Waals surface area contributed by atoms with Crippen LogP contribution in [0.4, 0.5) is 0 Å². The fourth-order valence-electron chi connectivity index (χ4n) is 1.28. The van der Waals surface area contributed by atoms with E-state index in [-0.39, 0.29) is 0 Å². The molecule has 1 aromatic carbocycles. The minimum Gasteiger partial charge on any atom is -0.264 e. The van der Waals surface area contributed by atoms with Crippen LogP contribution < -0.4 is 10.4 Å². The molecule has 2 aromatic rings. The normalized spacial score (nSPS) is 10.3. The van der Waals surface area contributed by atoms with E-state index < -0.39 is 0 Å². The van der Waals surface area contributed by atoms with Gasteiger partial charge in [-0.05, 0) is 21.9 Å². The van der Waals surface area contributed by atoms with Crippen LogP contribution in [0.3, 0.4) is 0 Å². The molecule has 0 amide bonds. The van der Waals surface area contributed by atoms with E-state index in [1.165, 1.54) is 0 Å². The van der Waals surface area contributed by atoms with Gasteiger partial charge in [0, 0.05) is 17.8 Å². The van der Waals surface area contributed by atoms with Crippen molar-refractivity contribution in [2.75, 3.05) is 0 Å². The number of pyridine rings is 1. The topological polar surface area (TPSA) is 12.9 Å². The highest BCUT2D eigenvalue weighted by Gasteiger charge is 1.91. The lowest BCUT2D eigenvalue weighted by molar-refractivity contribution is 1.36. The lowest BCUT2D eigenvalue weighted by Crippen LogP contribution is -2.21. The lowest BCUT2D eigenvalue weighted by Gasteiger charge is -1.95. The van der Waals surface area contributed by atoms with E-state index in [4.69, 9.17) is 0 Å². The van der Waals surface area contributed by atoms with Gasteiger partial charge < -0.3 is 0 Å². The molecule has 12 heavy (non-hydrogen) atoms. The highest BCUT2D eigenvalue weighted by Crippen LogP contribution is 2.03. The Balaban J connectivity index is 3.11. The molecule has 0 radical (unpaired) electrons. The molecule has 0 saturated carbocycles. The summed E-state index contributed by atoms with van der Waals surface area (Å²) in [7, 11) is 0. The largest absolute Gasteiger partial charge is 0.264 e. The van der Waals surface area contributed by atoms with Gasteiger partial charge in [0.2, 0.25) is 0 Å². The van der Waals surface area contributed by atoms with Gasteiger partial charge in [-0.1, -0.05) is 25.3 Å². The summed E-state index contributed by atoms with van der Waals surface area (Å²) in [5.41, 5.74) is 0. The highest BCUT2D eigenvalue weighted by molar-refractivity contribution is 5.81. The van der Waals surface area contributed by atoms with Gasteiger partial charge in [0.05, 0.1) is 0 Å². The molecule has 0 saturated heterocycles. The zero-order valence-corrected chi connectivity index (χ0v) is 6.75. The molecule has 0 bridgehead atoms. The molecule has 58 valence electrons. The van der Waals surface area contributed by atoms with E-state index in [0.717, 1.165) is 21.2 Å². The number of aromatic nitrogens is 1. The summed E-state index contributed by atoms with van der Waals surface area (Å²) in [5, 5.41) is 4.23. The van der Waals surface area contributed by atoms with Crippen LogP contribution in [-0.4, -0.2) is 4.98 Å². The molecule has 1 heteroatoms. The van der Waals surface area contributed by atoms with Gasteiger partial charge in [-0.25, -0.2) is 0 Å². The molecule has 0 fully saturated rings. The summed E-state index contributed by atoms with van der Waals surface area (Å²) in [4.78, 5) is 4.04. The van der Waals surface area contributed by atoms with Crippen LogP contribution in [-0.2, 0) is 0 Å². The summed E-state index contributed by atoms with van der Waals surface area (Å²) in [6.07, 6.45) is 3.61. The SMILES string of the molecule is C=c1ccc2cnccc2c1=C. The first-order chi connectivity index (χ1) is 5.79. The van der Waals surface area contributed by atoms with Crippen LogP contribution in [0.2, 0.25) is 0 Å². The zero-order valence-electron chi connectivity index (χ0n) is 6.75. The maximum absolute atomic E-state index is 4.04. The van der Waals surface area contributed by atoms with Crippen molar-refractivity contribution in [1.82, 2.24) is 4.98 Å². The second-order valence-electron chi connectivity index (χ2n) is 2.80. The number of hydrogen-bond donors (Lipinski definition) is 0. The van der Waals surface area contributed by atoms with Crippen LogP contribution in [0.25, 0.3) is 23.9 Å². The Hall–Kier alpha value is -1.63. The summed E-state index contributed by atoms with van der Waals surface area (Å²) >= 11 is 0. The van der Waals surface area contributed by atoms with Crippen LogP contribution in [0.15, 0.2) is 30.6 Å². The number of hydrogen-bond acceptors (Lipinski definition) is 1. The van der Waals surface area contributed by atoms with Crippen LogP contribution in [0, 0.1) is 0 Å². The smallest absolute Gasteiger partial charge is 0.0346 e. The van der Waals surface area contributed by atoms with Gasteiger partial charge in [-0.15, -0.1) is 0 Å². The van der Waals surface area contributed by atoms with Gasteiger partial charge in [0.1, 0.15) is 0 Å². The van der Waals surface area contributed by atoms with Crippen molar-refractivity contribution >= 4 is 23.9 Å². The van der Waals surface area contributed by atoms with Crippen molar-refractivity contribution < 1.29 is 0 Å².